The molecule has 66 valence electrons. The summed E-state index contributed by atoms with van der Waals surface area (Å²) in [5.74, 6) is 0.280. The van der Waals surface area contributed by atoms with Gasteiger partial charge in [-0.2, -0.15) is 5.10 Å². The van der Waals surface area contributed by atoms with Crippen LogP contribution in [0.25, 0.3) is 0 Å². The lowest BCUT2D eigenvalue weighted by Gasteiger charge is -2.00. The molecular formula is C9H9N3O. The summed E-state index contributed by atoms with van der Waals surface area (Å²) in [4.78, 5) is 3.84. The van der Waals surface area contributed by atoms with Crippen LogP contribution >= 0.6 is 0 Å². The molecule has 1 aromatic heterocycles. The second-order valence-electron chi connectivity index (χ2n) is 2.76. The molecule has 0 bridgehead atoms. The minimum absolute atomic E-state index is 0.280. The highest BCUT2D eigenvalue weighted by molar-refractivity contribution is 5.25. The lowest BCUT2D eigenvalue weighted by atomic mass is 10.2. The summed E-state index contributed by atoms with van der Waals surface area (Å²) in [5.41, 5.74) is 1.09. The smallest absolute Gasteiger partial charge is 0.137 e. The molecule has 4 nitrogen and oxygen atoms in total. The van der Waals surface area contributed by atoms with Gasteiger partial charge >= 0.3 is 0 Å². The lowest BCUT2D eigenvalue weighted by Crippen LogP contribution is -1.99. The summed E-state index contributed by atoms with van der Waals surface area (Å²) in [7, 11) is 0. The van der Waals surface area contributed by atoms with Crippen molar-refractivity contribution in [3.8, 4) is 5.75 Å². The van der Waals surface area contributed by atoms with Crippen molar-refractivity contribution >= 4 is 0 Å². The molecule has 0 aliphatic heterocycles. The van der Waals surface area contributed by atoms with Crippen LogP contribution in [0.5, 0.6) is 5.75 Å². The number of phenols is 1. The van der Waals surface area contributed by atoms with Gasteiger partial charge in [0, 0.05) is 0 Å². The van der Waals surface area contributed by atoms with E-state index in [-0.39, 0.29) is 5.75 Å². The maximum atomic E-state index is 9.05. The Kier molecular flexibility index (Phi) is 1.96. The van der Waals surface area contributed by atoms with Crippen molar-refractivity contribution in [2.45, 2.75) is 6.54 Å². The zero-order valence-electron chi connectivity index (χ0n) is 6.96. The second-order valence-corrected chi connectivity index (χ2v) is 2.76. The first kappa shape index (κ1) is 7.79. The summed E-state index contributed by atoms with van der Waals surface area (Å²) in [6, 6.07) is 7.03. The average molecular weight is 175 g/mol. The molecule has 0 amide bonds. The van der Waals surface area contributed by atoms with Crippen molar-refractivity contribution in [2.75, 3.05) is 0 Å². The van der Waals surface area contributed by atoms with Crippen molar-refractivity contribution in [1.82, 2.24) is 14.8 Å². The molecule has 1 aromatic carbocycles. The van der Waals surface area contributed by atoms with Crippen LogP contribution in [0, 0.1) is 0 Å². The van der Waals surface area contributed by atoms with Crippen LogP contribution in [0.2, 0.25) is 0 Å². The molecule has 0 saturated carbocycles. The number of aromatic nitrogens is 3. The molecule has 2 aromatic rings. The molecule has 0 aliphatic carbocycles. The molecule has 0 fully saturated rings. The van der Waals surface area contributed by atoms with Crippen LogP contribution in [-0.2, 0) is 6.54 Å². The second kappa shape index (κ2) is 3.26. The minimum Gasteiger partial charge on any atom is -0.508 e. The Hall–Kier alpha value is -1.84. The van der Waals surface area contributed by atoms with E-state index < -0.39 is 0 Å². The molecule has 13 heavy (non-hydrogen) atoms. The van der Waals surface area contributed by atoms with Gasteiger partial charge in [0.05, 0.1) is 6.54 Å². The van der Waals surface area contributed by atoms with Crippen LogP contribution in [-0.4, -0.2) is 19.9 Å². The summed E-state index contributed by atoms with van der Waals surface area (Å²) in [6.45, 7) is 0.681. The Morgan fingerprint density at radius 3 is 2.62 bits per heavy atom. The van der Waals surface area contributed by atoms with E-state index in [0.717, 1.165) is 5.56 Å². The molecule has 0 unspecified atom stereocenters. The van der Waals surface area contributed by atoms with Crippen molar-refractivity contribution < 1.29 is 5.11 Å². The Morgan fingerprint density at radius 1 is 1.23 bits per heavy atom. The molecular weight excluding hydrogens is 166 g/mol. The Bertz CT molecular complexity index is 366. The van der Waals surface area contributed by atoms with Gasteiger partial charge in [0.15, 0.2) is 0 Å². The molecule has 0 saturated heterocycles. The Labute approximate surface area is 75.5 Å². The SMILES string of the molecule is Oc1ccc(Cn2cncn2)cc1. The number of rotatable bonds is 2. The van der Waals surface area contributed by atoms with E-state index >= 15 is 0 Å². The molecule has 1 N–H and O–H groups in total. The topological polar surface area (TPSA) is 50.9 Å². The summed E-state index contributed by atoms with van der Waals surface area (Å²) in [6.07, 6.45) is 3.16. The maximum absolute atomic E-state index is 9.05. The van der Waals surface area contributed by atoms with E-state index in [1.165, 1.54) is 6.33 Å². The first-order valence-electron chi connectivity index (χ1n) is 3.95. The molecule has 0 radical (unpaired) electrons. The number of hydrogen-bond donors (Lipinski definition) is 1. The van der Waals surface area contributed by atoms with E-state index in [1.54, 1.807) is 23.1 Å². The number of benzene rings is 1. The van der Waals surface area contributed by atoms with Gasteiger partial charge in [-0.15, -0.1) is 0 Å². The van der Waals surface area contributed by atoms with Crippen LogP contribution in [0.3, 0.4) is 0 Å². The highest BCUT2D eigenvalue weighted by Crippen LogP contribution is 2.09. The fourth-order valence-electron chi connectivity index (χ4n) is 1.10. The molecule has 2 rings (SSSR count). The predicted octanol–water partition coefficient (Wildman–Crippen LogP) is 1.03. The third-order valence-electron chi connectivity index (χ3n) is 1.75. The fourth-order valence-corrected chi connectivity index (χ4v) is 1.10. The monoisotopic (exact) mass is 175 g/mol. The standard InChI is InChI=1S/C9H9N3O/c13-9-3-1-8(2-4-9)5-12-7-10-6-11-12/h1-4,6-7,13H,5H2. The van der Waals surface area contributed by atoms with Gasteiger partial charge in [0.1, 0.15) is 18.4 Å². The Morgan fingerprint density at radius 2 is 2.00 bits per heavy atom. The highest BCUT2D eigenvalue weighted by Gasteiger charge is 1.94. The van der Waals surface area contributed by atoms with Gasteiger partial charge in [-0.3, -0.25) is 0 Å². The zero-order chi connectivity index (χ0) is 9.10. The predicted molar refractivity (Wildman–Crippen MR) is 47.2 cm³/mol. The van der Waals surface area contributed by atoms with Gasteiger partial charge < -0.3 is 5.11 Å². The first-order chi connectivity index (χ1) is 6.34. The van der Waals surface area contributed by atoms with Crippen molar-refractivity contribution in [1.29, 1.82) is 0 Å². The van der Waals surface area contributed by atoms with Crippen LogP contribution in [0.15, 0.2) is 36.9 Å². The largest absolute Gasteiger partial charge is 0.508 e. The molecule has 0 atom stereocenters. The van der Waals surface area contributed by atoms with Crippen LogP contribution < -0.4 is 0 Å². The van der Waals surface area contributed by atoms with Gasteiger partial charge in [-0.05, 0) is 17.7 Å². The third-order valence-corrected chi connectivity index (χ3v) is 1.75. The normalized spacial score (nSPS) is 10.2. The first-order valence-corrected chi connectivity index (χ1v) is 3.95. The number of phenolic OH excluding ortho intramolecular Hbond substituents is 1. The van der Waals surface area contributed by atoms with Crippen LogP contribution in [0.4, 0.5) is 0 Å². The summed E-state index contributed by atoms with van der Waals surface area (Å²) in [5, 5.41) is 13.0. The van der Waals surface area contributed by atoms with E-state index in [4.69, 9.17) is 5.11 Å². The van der Waals surface area contributed by atoms with E-state index in [0.29, 0.717) is 6.54 Å². The van der Waals surface area contributed by atoms with Crippen molar-refractivity contribution in [3.05, 3.63) is 42.5 Å². The number of hydrogen-bond acceptors (Lipinski definition) is 3. The lowest BCUT2D eigenvalue weighted by molar-refractivity contribution is 0.475. The van der Waals surface area contributed by atoms with Gasteiger partial charge in [-0.1, -0.05) is 12.1 Å². The quantitative estimate of drug-likeness (QED) is 0.741. The van der Waals surface area contributed by atoms with Gasteiger partial charge in [-0.25, -0.2) is 9.67 Å². The number of aromatic hydroxyl groups is 1. The molecule has 4 heteroatoms. The average Bonchev–Trinajstić information content (AvgIpc) is 2.62. The van der Waals surface area contributed by atoms with Crippen molar-refractivity contribution in [3.63, 3.8) is 0 Å². The molecule has 1 heterocycles. The highest BCUT2D eigenvalue weighted by atomic mass is 16.3. The van der Waals surface area contributed by atoms with Crippen LogP contribution in [0.1, 0.15) is 5.56 Å². The van der Waals surface area contributed by atoms with Gasteiger partial charge in [0.25, 0.3) is 0 Å². The minimum atomic E-state index is 0.280. The van der Waals surface area contributed by atoms with E-state index in [2.05, 4.69) is 10.1 Å². The zero-order valence-corrected chi connectivity index (χ0v) is 6.96. The maximum Gasteiger partial charge on any atom is 0.137 e. The number of nitrogens with zero attached hydrogens (tertiary/aromatic N) is 3. The van der Waals surface area contributed by atoms with Crippen molar-refractivity contribution in [2.24, 2.45) is 0 Å². The summed E-state index contributed by atoms with van der Waals surface area (Å²) < 4.78 is 1.73. The Balaban J connectivity index is 2.15. The molecule has 0 aliphatic rings. The fraction of sp³-hybridized carbons (Fsp3) is 0.111. The van der Waals surface area contributed by atoms with Gasteiger partial charge in [0.2, 0.25) is 0 Å². The summed E-state index contributed by atoms with van der Waals surface area (Å²) >= 11 is 0. The molecule has 0 spiro atoms. The third kappa shape index (κ3) is 1.84. The van der Waals surface area contributed by atoms with E-state index in [9.17, 15) is 0 Å². The van der Waals surface area contributed by atoms with E-state index in [1.807, 2.05) is 12.1 Å².